The van der Waals surface area contributed by atoms with E-state index in [-0.39, 0.29) is 43.2 Å². The molecule has 9 nitrogen and oxygen atoms in total. The molecule has 0 saturated carbocycles. The zero-order valence-corrected chi connectivity index (χ0v) is 21.8. The van der Waals surface area contributed by atoms with Crippen molar-refractivity contribution < 1.29 is 32.5 Å². The predicted octanol–water partition coefficient (Wildman–Crippen LogP) is 2.86. The third-order valence-corrected chi connectivity index (χ3v) is 8.25. The van der Waals surface area contributed by atoms with Gasteiger partial charge >= 0.3 is 0 Å². The van der Waals surface area contributed by atoms with Crippen molar-refractivity contribution in [3.05, 3.63) is 53.1 Å². The van der Waals surface area contributed by atoms with Gasteiger partial charge in [0.05, 0.1) is 17.6 Å². The van der Waals surface area contributed by atoms with E-state index in [4.69, 9.17) is 25.8 Å². The molecule has 1 heterocycles. The van der Waals surface area contributed by atoms with E-state index in [1.54, 1.807) is 32.2 Å². The van der Waals surface area contributed by atoms with Crippen LogP contribution in [0.15, 0.2) is 47.4 Å². The number of hydrogen-bond acceptors (Lipinski definition) is 7. The Morgan fingerprint density at radius 3 is 2.40 bits per heavy atom. The van der Waals surface area contributed by atoms with Gasteiger partial charge in [0.1, 0.15) is 0 Å². The molecule has 0 spiro atoms. The lowest BCUT2D eigenvalue weighted by Crippen LogP contribution is -2.47. The van der Waals surface area contributed by atoms with Crippen molar-refractivity contribution >= 4 is 27.5 Å². The lowest BCUT2D eigenvalue weighted by molar-refractivity contribution is 0.0221. The summed E-state index contributed by atoms with van der Waals surface area (Å²) in [5, 5.41) is 10.2. The van der Waals surface area contributed by atoms with E-state index in [2.05, 4.69) is 0 Å². The van der Waals surface area contributed by atoms with Crippen molar-refractivity contribution in [1.82, 2.24) is 9.21 Å². The molecule has 0 bridgehead atoms. The van der Waals surface area contributed by atoms with Gasteiger partial charge in [-0.05, 0) is 55.3 Å². The van der Waals surface area contributed by atoms with Crippen LogP contribution in [0.4, 0.5) is 0 Å². The van der Waals surface area contributed by atoms with Gasteiger partial charge in [-0.2, -0.15) is 4.31 Å². The molecular weight excluding hydrogens is 496 g/mol. The minimum absolute atomic E-state index is 0.0806. The number of halogens is 1. The van der Waals surface area contributed by atoms with Crippen LogP contribution in [0.5, 0.6) is 11.5 Å². The highest BCUT2D eigenvalue weighted by Gasteiger charge is 2.33. The van der Waals surface area contributed by atoms with Crippen molar-refractivity contribution in [2.24, 2.45) is 5.92 Å². The van der Waals surface area contributed by atoms with Crippen LogP contribution in [-0.4, -0.2) is 81.4 Å². The highest BCUT2D eigenvalue weighted by Crippen LogP contribution is 2.33. The fourth-order valence-corrected chi connectivity index (χ4v) is 5.69. The summed E-state index contributed by atoms with van der Waals surface area (Å²) in [7, 11) is -0.728. The molecule has 1 amide bonds. The summed E-state index contributed by atoms with van der Waals surface area (Å²) < 4.78 is 44.2. The molecule has 0 aromatic heterocycles. The van der Waals surface area contributed by atoms with Crippen LogP contribution in [0.25, 0.3) is 0 Å². The van der Waals surface area contributed by atoms with Crippen molar-refractivity contribution in [3.8, 4) is 11.5 Å². The monoisotopic (exact) mass is 526 g/mol. The molecule has 11 heteroatoms. The van der Waals surface area contributed by atoms with Crippen molar-refractivity contribution in [2.75, 3.05) is 40.6 Å². The number of carbonyl (C=O) groups excluding carboxylic acids is 1. The summed E-state index contributed by atoms with van der Waals surface area (Å²) in [5.41, 5.74) is 0.445. The van der Waals surface area contributed by atoms with Crippen LogP contribution in [0, 0.1) is 5.92 Å². The SMILES string of the molecule is CO[C@@H](CN(C)C(=O)c1ccc2c(c1)OCO2)[C@@H](C)CN([C@H](C)CO)S(=O)(=O)c1ccc(Cl)cc1. The smallest absolute Gasteiger partial charge is 0.253 e. The van der Waals surface area contributed by atoms with Gasteiger partial charge < -0.3 is 24.2 Å². The number of benzene rings is 2. The molecule has 192 valence electrons. The van der Waals surface area contributed by atoms with Crippen molar-refractivity contribution in [2.45, 2.75) is 30.9 Å². The maximum absolute atomic E-state index is 13.3. The number of ether oxygens (including phenoxy) is 3. The molecule has 3 rings (SSSR count). The highest BCUT2D eigenvalue weighted by molar-refractivity contribution is 7.89. The Bertz CT molecular complexity index is 1130. The van der Waals surface area contributed by atoms with Crippen LogP contribution in [-0.2, 0) is 14.8 Å². The largest absolute Gasteiger partial charge is 0.454 e. The summed E-state index contributed by atoms with van der Waals surface area (Å²) in [6.07, 6.45) is -0.466. The molecule has 0 fully saturated rings. The average molecular weight is 527 g/mol. The summed E-state index contributed by atoms with van der Waals surface area (Å²) in [4.78, 5) is 14.6. The molecule has 1 aliphatic rings. The number of aliphatic hydroxyl groups is 1. The molecule has 35 heavy (non-hydrogen) atoms. The maximum Gasteiger partial charge on any atom is 0.253 e. The number of hydrogen-bond donors (Lipinski definition) is 1. The zero-order valence-electron chi connectivity index (χ0n) is 20.2. The van der Waals surface area contributed by atoms with Crippen LogP contribution in [0.1, 0.15) is 24.2 Å². The third-order valence-electron chi connectivity index (χ3n) is 6.00. The quantitative estimate of drug-likeness (QED) is 0.480. The minimum atomic E-state index is -3.91. The first kappa shape index (κ1) is 27.2. The van der Waals surface area contributed by atoms with E-state index in [0.29, 0.717) is 22.1 Å². The lowest BCUT2D eigenvalue weighted by atomic mass is 10.0. The second-order valence-electron chi connectivity index (χ2n) is 8.57. The van der Waals surface area contributed by atoms with Crippen LogP contribution >= 0.6 is 11.6 Å². The lowest BCUT2D eigenvalue weighted by Gasteiger charge is -2.33. The molecular formula is C24H31ClN2O7S. The molecule has 0 radical (unpaired) electrons. The Morgan fingerprint density at radius 2 is 1.77 bits per heavy atom. The van der Waals surface area contributed by atoms with E-state index in [9.17, 15) is 18.3 Å². The van der Waals surface area contributed by atoms with Gasteiger partial charge in [-0.15, -0.1) is 0 Å². The summed E-state index contributed by atoms with van der Waals surface area (Å²) in [6.45, 7) is 3.57. The Balaban J connectivity index is 1.73. The van der Waals surface area contributed by atoms with Gasteiger partial charge in [0.15, 0.2) is 11.5 Å². The number of carbonyl (C=O) groups is 1. The van der Waals surface area contributed by atoms with Crippen LogP contribution in [0.2, 0.25) is 5.02 Å². The van der Waals surface area contributed by atoms with Gasteiger partial charge in [-0.3, -0.25) is 4.79 Å². The predicted molar refractivity (Wildman–Crippen MR) is 131 cm³/mol. The Morgan fingerprint density at radius 1 is 1.11 bits per heavy atom. The number of fused-ring (bicyclic) bond motifs is 1. The second-order valence-corrected chi connectivity index (χ2v) is 10.9. The molecule has 3 atom stereocenters. The second kappa shape index (κ2) is 11.6. The van der Waals surface area contributed by atoms with Gasteiger partial charge in [0, 0.05) is 43.9 Å². The van der Waals surface area contributed by atoms with E-state index in [1.165, 1.54) is 40.6 Å². The number of rotatable bonds is 11. The average Bonchev–Trinajstić information content (AvgIpc) is 3.32. The summed E-state index contributed by atoms with van der Waals surface area (Å²) in [6, 6.07) is 10.2. The van der Waals surface area contributed by atoms with Gasteiger partial charge in [-0.1, -0.05) is 18.5 Å². The first-order valence-electron chi connectivity index (χ1n) is 11.1. The summed E-state index contributed by atoms with van der Waals surface area (Å²) >= 11 is 5.91. The third kappa shape index (κ3) is 6.25. The van der Waals surface area contributed by atoms with Crippen LogP contribution in [0.3, 0.4) is 0 Å². The first-order valence-corrected chi connectivity index (χ1v) is 13.0. The Kier molecular flexibility index (Phi) is 9.00. The minimum Gasteiger partial charge on any atom is -0.454 e. The topological polar surface area (TPSA) is 106 Å². The number of amides is 1. The molecule has 0 unspecified atom stereocenters. The molecule has 0 saturated heterocycles. The van der Waals surface area contributed by atoms with Crippen LogP contribution < -0.4 is 9.47 Å². The first-order chi connectivity index (χ1) is 16.6. The van der Waals surface area contributed by atoms with E-state index >= 15 is 0 Å². The Hall–Kier alpha value is -2.37. The number of sulfonamides is 1. The normalized spacial score (nSPS) is 15.6. The molecule has 0 aliphatic carbocycles. The van der Waals surface area contributed by atoms with E-state index in [1.807, 2.05) is 6.92 Å². The van der Waals surface area contributed by atoms with Gasteiger partial charge in [0.25, 0.3) is 5.91 Å². The molecule has 1 N–H and O–H groups in total. The number of methoxy groups -OCH3 is 1. The molecule has 2 aromatic carbocycles. The maximum atomic E-state index is 13.3. The highest BCUT2D eigenvalue weighted by atomic mass is 35.5. The van der Waals surface area contributed by atoms with E-state index < -0.39 is 22.2 Å². The summed E-state index contributed by atoms with van der Waals surface area (Å²) in [5.74, 6) is 0.574. The molecule has 2 aromatic rings. The molecule has 1 aliphatic heterocycles. The standard InChI is InChI=1S/C24H31ClN2O7S/c1-16(12-27(17(2)14-28)35(30,31)20-8-6-19(25)7-9-20)23(32-4)13-26(3)24(29)18-5-10-21-22(11-18)34-15-33-21/h5-11,16-17,23,28H,12-15H2,1-4H3/t16-,17+,23-/m0/s1. The number of likely N-dealkylation sites (N-methyl/N-ethyl adjacent to an activating group) is 1. The van der Waals surface area contributed by atoms with Crippen molar-refractivity contribution in [3.63, 3.8) is 0 Å². The number of aliphatic hydroxyl groups excluding tert-OH is 1. The van der Waals surface area contributed by atoms with Gasteiger partial charge in [-0.25, -0.2) is 8.42 Å². The zero-order chi connectivity index (χ0) is 25.8. The van der Waals surface area contributed by atoms with Gasteiger partial charge in [0.2, 0.25) is 16.8 Å². The Labute approximate surface area is 211 Å². The fraction of sp³-hybridized carbons (Fsp3) is 0.458. The van der Waals surface area contributed by atoms with Crippen molar-refractivity contribution in [1.29, 1.82) is 0 Å². The van der Waals surface area contributed by atoms with E-state index in [0.717, 1.165) is 0 Å². The number of nitrogens with zero attached hydrogens (tertiary/aromatic N) is 2. The fourth-order valence-electron chi connectivity index (χ4n) is 3.84.